The molecule has 110 valence electrons. The standard InChI is InChI=1S/C14H19NO5/c1-4-19-13(17)11(14(18)20-5-2)12(16)10-7-6-9(3)15-8-10/h6-8,11-12,16H,4-5H2,1-3H3. The molecular weight excluding hydrogens is 262 g/mol. The van der Waals surface area contributed by atoms with Gasteiger partial charge in [-0.25, -0.2) is 0 Å². The monoisotopic (exact) mass is 281 g/mol. The van der Waals surface area contributed by atoms with Crippen molar-refractivity contribution in [2.75, 3.05) is 13.2 Å². The highest BCUT2D eigenvalue weighted by molar-refractivity contribution is 5.95. The number of pyridine rings is 1. The highest BCUT2D eigenvalue weighted by Gasteiger charge is 2.37. The number of hydrogen-bond acceptors (Lipinski definition) is 6. The smallest absolute Gasteiger partial charge is 0.323 e. The number of hydrogen-bond donors (Lipinski definition) is 1. The summed E-state index contributed by atoms with van der Waals surface area (Å²) in [6.45, 7) is 5.28. The number of aliphatic hydroxyl groups excluding tert-OH is 1. The second kappa shape index (κ2) is 7.59. The van der Waals surface area contributed by atoms with E-state index in [0.717, 1.165) is 5.69 Å². The third kappa shape index (κ3) is 4.03. The number of esters is 2. The van der Waals surface area contributed by atoms with E-state index in [0.29, 0.717) is 5.56 Å². The maximum absolute atomic E-state index is 11.8. The SMILES string of the molecule is CCOC(=O)C(C(=O)OCC)C(O)c1ccc(C)nc1. The Bertz CT molecular complexity index is 439. The molecule has 1 heterocycles. The Morgan fingerprint density at radius 3 is 2.15 bits per heavy atom. The second-order valence-corrected chi connectivity index (χ2v) is 4.16. The fourth-order valence-electron chi connectivity index (χ4n) is 1.66. The fraction of sp³-hybridized carbons (Fsp3) is 0.500. The van der Waals surface area contributed by atoms with Gasteiger partial charge in [0.25, 0.3) is 0 Å². The average Bonchev–Trinajstić information content (AvgIpc) is 2.40. The van der Waals surface area contributed by atoms with E-state index in [1.54, 1.807) is 32.9 Å². The number of nitrogens with zero attached hydrogens (tertiary/aromatic N) is 1. The van der Waals surface area contributed by atoms with Gasteiger partial charge >= 0.3 is 11.9 Å². The number of carbonyl (C=O) groups is 2. The molecule has 0 saturated heterocycles. The van der Waals surface area contributed by atoms with E-state index in [1.807, 2.05) is 0 Å². The first-order valence-corrected chi connectivity index (χ1v) is 6.45. The molecule has 0 aliphatic heterocycles. The maximum Gasteiger partial charge on any atom is 0.323 e. The lowest BCUT2D eigenvalue weighted by Crippen LogP contribution is -2.33. The van der Waals surface area contributed by atoms with Crippen molar-refractivity contribution in [1.29, 1.82) is 0 Å². The molecule has 20 heavy (non-hydrogen) atoms. The third-order valence-corrected chi connectivity index (χ3v) is 2.67. The lowest BCUT2D eigenvalue weighted by molar-refractivity contribution is -0.167. The van der Waals surface area contributed by atoms with Crippen LogP contribution < -0.4 is 0 Å². The predicted octanol–water partition coefficient (Wildman–Crippen LogP) is 1.17. The first-order chi connectivity index (χ1) is 9.51. The summed E-state index contributed by atoms with van der Waals surface area (Å²) in [6, 6.07) is 3.30. The summed E-state index contributed by atoms with van der Waals surface area (Å²) >= 11 is 0. The van der Waals surface area contributed by atoms with Crippen molar-refractivity contribution in [3.8, 4) is 0 Å². The van der Waals surface area contributed by atoms with Crippen LogP contribution in [-0.2, 0) is 19.1 Å². The van der Waals surface area contributed by atoms with Gasteiger partial charge in [-0.15, -0.1) is 0 Å². The number of aliphatic hydroxyl groups is 1. The van der Waals surface area contributed by atoms with Crippen LogP contribution in [0.2, 0.25) is 0 Å². The van der Waals surface area contributed by atoms with Crippen molar-refractivity contribution in [3.63, 3.8) is 0 Å². The summed E-state index contributed by atoms with van der Waals surface area (Å²) in [5.74, 6) is -3.02. The molecule has 0 aliphatic rings. The molecule has 1 atom stereocenters. The Hall–Kier alpha value is -1.95. The van der Waals surface area contributed by atoms with Gasteiger partial charge in [0.05, 0.1) is 13.2 Å². The lowest BCUT2D eigenvalue weighted by Gasteiger charge is -2.19. The molecule has 0 fully saturated rings. The lowest BCUT2D eigenvalue weighted by atomic mass is 9.97. The van der Waals surface area contributed by atoms with E-state index in [2.05, 4.69) is 4.98 Å². The van der Waals surface area contributed by atoms with E-state index < -0.39 is 24.0 Å². The molecule has 6 heteroatoms. The summed E-state index contributed by atoms with van der Waals surface area (Å²) in [5, 5.41) is 10.2. The predicted molar refractivity (Wildman–Crippen MR) is 70.7 cm³/mol. The van der Waals surface area contributed by atoms with Gasteiger partial charge in [-0.3, -0.25) is 14.6 Å². The molecule has 1 N–H and O–H groups in total. The van der Waals surface area contributed by atoms with Crippen LogP contribution in [0.25, 0.3) is 0 Å². The van der Waals surface area contributed by atoms with E-state index in [-0.39, 0.29) is 13.2 Å². The average molecular weight is 281 g/mol. The number of ether oxygens (including phenoxy) is 2. The summed E-state index contributed by atoms with van der Waals surface area (Å²) in [6.07, 6.45) is 0.0760. The van der Waals surface area contributed by atoms with Crippen LogP contribution in [-0.4, -0.2) is 35.2 Å². The Kier molecular flexibility index (Phi) is 6.11. The quantitative estimate of drug-likeness (QED) is 0.622. The largest absolute Gasteiger partial charge is 0.465 e. The van der Waals surface area contributed by atoms with Crippen LogP contribution in [0.4, 0.5) is 0 Å². The Morgan fingerprint density at radius 1 is 1.20 bits per heavy atom. The van der Waals surface area contributed by atoms with Crippen LogP contribution in [0.15, 0.2) is 18.3 Å². The number of aryl methyl sites for hydroxylation is 1. The van der Waals surface area contributed by atoms with Crippen molar-refractivity contribution in [1.82, 2.24) is 4.98 Å². The number of rotatable bonds is 6. The van der Waals surface area contributed by atoms with E-state index in [1.165, 1.54) is 6.20 Å². The Morgan fingerprint density at radius 2 is 1.75 bits per heavy atom. The molecule has 0 radical (unpaired) electrons. The minimum Gasteiger partial charge on any atom is -0.465 e. The molecule has 1 aromatic rings. The molecule has 1 rings (SSSR count). The molecule has 0 amide bonds. The minimum atomic E-state index is -1.40. The van der Waals surface area contributed by atoms with Crippen LogP contribution in [0.5, 0.6) is 0 Å². The maximum atomic E-state index is 11.8. The Balaban J connectivity index is 2.99. The van der Waals surface area contributed by atoms with Gasteiger partial charge in [0, 0.05) is 17.5 Å². The zero-order valence-corrected chi connectivity index (χ0v) is 11.8. The van der Waals surface area contributed by atoms with E-state index in [9.17, 15) is 14.7 Å². The van der Waals surface area contributed by atoms with Crippen LogP contribution in [0.3, 0.4) is 0 Å². The van der Waals surface area contributed by atoms with Crippen molar-refractivity contribution in [2.45, 2.75) is 26.9 Å². The first kappa shape index (κ1) is 16.1. The van der Waals surface area contributed by atoms with Gasteiger partial charge in [0.2, 0.25) is 0 Å². The molecule has 6 nitrogen and oxygen atoms in total. The molecule has 0 aliphatic carbocycles. The van der Waals surface area contributed by atoms with Crippen LogP contribution in [0.1, 0.15) is 31.2 Å². The van der Waals surface area contributed by atoms with E-state index in [4.69, 9.17) is 9.47 Å². The molecule has 0 saturated carbocycles. The number of aromatic nitrogens is 1. The molecule has 1 aromatic heterocycles. The summed E-state index contributed by atoms with van der Waals surface area (Å²) in [5.41, 5.74) is 1.13. The topological polar surface area (TPSA) is 85.7 Å². The van der Waals surface area contributed by atoms with Gasteiger partial charge in [-0.05, 0) is 26.8 Å². The van der Waals surface area contributed by atoms with Gasteiger partial charge in [0.1, 0.15) is 6.10 Å². The zero-order valence-electron chi connectivity index (χ0n) is 11.8. The second-order valence-electron chi connectivity index (χ2n) is 4.16. The highest BCUT2D eigenvalue weighted by atomic mass is 16.6. The van der Waals surface area contributed by atoms with Gasteiger partial charge in [-0.2, -0.15) is 0 Å². The fourth-order valence-corrected chi connectivity index (χ4v) is 1.66. The van der Waals surface area contributed by atoms with Crippen molar-refractivity contribution < 1.29 is 24.2 Å². The summed E-state index contributed by atoms with van der Waals surface area (Å²) < 4.78 is 9.64. The molecular formula is C14H19NO5. The van der Waals surface area contributed by atoms with Crippen molar-refractivity contribution in [2.24, 2.45) is 5.92 Å². The summed E-state index contributed by atoms with van der Waals surface area (Å²) in [4.78, 5) is 27.7. The molecule has 0 spiro atoms. The highest BCUT2D eigenvalue weighted by Crippen LogP contribution is 2.24. The van der Waals surface area contributed by atoms with E-state index >= 15 is 0 Å². The van der Waals surface area contributed by atoms with Gasteiger partial charge in [0.15, 0.2) is 5.92 Å². The number of carbonyl (C=O) groups excluding carboxylic acids is 2. The van der Waals surface area contributed by atoms with Crippen molar-refractivity contribution >= 4 is 11.9 Å². The van der Waals surface area contributed by atoms with Crippen LogP contribution >= 0.6 is 0 Å². The van der Waals surface area contributed by atoms with Gasteiger partial charge in [-0.1, -0.05) is 6.07 Å². The van der Waals surface area contributed by atoms with Gasteiger partial charge < -0.3 is 14.6 Å². The summed E-state index contributed by atoms with van der Waals surface area (Å²) in [7, 11) is 0. The van der Waals surface area contributed by atoms with Crippen LogP contribution in [0, 0.1) is 12.8 Å². The third-order valence-electron chi connectivity index (χ3n) is 2.67. The normalized spacial score (nSPS) is 12.1. The van der Waals surface area contributed by atoms with Crippen molar-refractivity contribution in [3.05, 3.63) is 29.6 Å². The zero-order chi connectivity index (χ0) is 15.1. The Labute approximate surface area is 117 Å². The molecule has 0 aromatic carbocycles. The first-order valence-electron chi connectivity index (χ1n) is 6.45. The molecule has 0 bridgehead atoms. The molecule has 1 unspecified atom stereocenters. The minimum absolute atomic E-state index is 0.119.